The van der Waals surface area contributed by atoms with Gasteiger partial charge in [0.25, 0.3) is 0 Å². The van der Waals surface area contributed by atoms with Gasteiger partial charge in [0.1, 0.15) is 5.75 Å². The minimum Gasteiger partial charge on any atom is -0.493 e. The first-order valence-electron chi connectivity index (χ1n) is 11.2. The Morgan fingerprint density at radius 3 is 2.52 bits per heavy atom. The molecule has 0 aliphatic carbocycles. The summed E-state index contributed by atoms with van der Waals surface area (Å²) in [4.78, 5) is 40.8. The first kappa shape index (κ1) is 23.1. The van der Waals surface area contributed by atoms with Gasteiger partial charge >= 0.3 is 0 Å². The molecule has 2 aliphatic heterocycles. The molecule has 0 radical (unpaired) electrons. The number of amides is 3. The van der Waals surface area contributed by atoms with Crippen LogP contribution in [0.5, 0.6) is 5.75 Å². The number of benzene rings is 1. The van der Waals surface area contributed by atoms with Crippen LogP contribution >= 0.6 is 0 Å². The van der Waals surface area contributed by atoms with E-state index in [0.717, 1.165) is 44.5 Å². The minimum atomic E-state index is -0.156. The Morgan fingerprint density at radius 2 is 1.81 bits per heavy atom. The Bertz CT molecular complexity index is 734. The van der Waals surface area contributed by atoms with Crippen LogP contribution < -0.4 is 15.4 Å². The second kappa shape index (κ2) is 11.7. The molecule has 2 N–H and O–H groups in total. The zero-order valence-corrected chi connectivity index (χ0v) is 18.3. The lowest BCUT2D eigenvalue weighted by molar-refractivity contribution is -0.136. The topological polar surface area (TPSA) is 91.0 Å². The molecule has 2 saturated heterocycles. The third-order valence-electron chi connectivity index (χ3n) is 6.05. The van der Waals surface area contributed by atoms with Crippen molar-refractivity contribution in [3.63, 3.8) is 0 Å². The third-order valence-corrected chi connectivity index (χ3v) is 6.05. The zero-order chi connectivity index (χ0) is 22.1. The fourth-order valence-corrected chi connectivity index (χ4v) is 4.19. The maximum Gasteiger partial charge on any atom is 0.233 e. The van der Waals surface area contributed by atoms with E-state index in [1.54, 1.807) is 11.9 Å². The van der Waals surface area contributed by atoms with E-state index in [1.807, 2.05) is 30.3 Å². The van der Waals surface area contributed by atoms with Crippen LogP contribution in [0.25, 0.3) is 0 Å². The summed E-state index contributed by atoms with van der Waals surface area (Å²) in [5, 5.41) is 5.81. The zero-order valence-electron chi connectivity index (χ0n) is 18.3. The number of likely N-dealkylation sites (N-methyl/N-ethyl adjacent to an activating group) is 1. The number of nitrogens with zero attached hydrogens (tertiary/aromatic N) is 2. The van der Waals surface area contributed by atoms with Crippen LogP contribution in [0.2, 0.25) is 0 Å². The van der Waals surface area contributed by atoms with Gasteiger partial charge in [0.15, 0.2) is 0 Å². The number of piperidine rings is 2. The van der Waals surface area contributed by atoms with Crippen molar-refractivity contribution in [2.45, 2.75) is 38.1 Å². The number of hydrogen-bond donors (Lipinski definition) is 2. The average Bonchev–Trinajstić information content (AvgIpc) is 2.81. The van der Waals surface area contributed by atoms with E-state index >= 15 is 0 Å². The molecule has 1 unspecified atom stereocenters. The van der Waals surface area contributed by atoms with E-state index in [0.29, 0.717) is 32.7 Å². The molecule has 2 aliphatic rings. The van der Waals surface area contributed by atoms with E-state index in [-0.39, 0.29) is 29.7 Å². The average molecular weight is 431 g/mol. The largest absolute Gasteiger partial charge is 0.493 e. The fourth-order valence-electron chi connectivity index (χ4n) is 4.19. The van der Waals surface area contributed by atoms with Gasteiger partial charge in [0.2, 0.25) is 17.7 Å². The number of hydrogen-bond acceptors (Lipinski definition) is 5. The number of para-hydroxylation sites is 1. The SMILES string of the molecule is CNC(=O)CN1CCC(NC(=O)C2CCCN(C(=O)CCOc3ccccc3)C2)CC1. The summed E-state index contributed by atoms with van der Waals surface area (Å²) in [6.45, 7) is 3.52. The van der Waals surface area contributed by atoms with Gasteiger partial charge < -0.3 is 20.3 Å². The molecule has 3 rings (SSSR count). The number of carbonyl (C=O) groups excluding carboxylic acids is 3. The smallest absolute Gasteiger partial charge is 0.233 e. The van der Waals surface area contributed by atoms with Gasteiger partial charge in [-0.25, -0.2) is 0 Å². The molecule has 0 saturated carbocycles. The third kappa shape index (κ3) is 7.24. The maximum atomic E-state index is 12.8. The highest BCUT2D eigenvalue weighted by atomic mass is 16.5. The number of carbonyl (C=O) groups is 3. The summed E-state index contributed by atoms with van der Waals surface area (Å²) in [7, 11) is 1.64. The molecule has 0 aromatic heterocycles. The molecule has 2 heterocycles. The van der Waals surface area contributed by atoms with Crippen LogP contribution in [0.4, 0.5) is 0 Å². The molecule has 8 heteroatoms. The number of nitrogens with one attached hydrogen (secondary N) is 2. The first-order valence-corrected chi connectivity index (χ1v) is 11.2. The van der Waals surface area contributed by atoms with Crippen molar-refractivity contribution in [3.05, 3.63) is 30.3 Å². The number of rotatable bonds is 8. The van der Waals surface area contributed by atoms with Crippen molar-refractivity contribution < 1.29 is 19.1 Å². The summed E-state index contributed by atoms with van der Waals surface area (Å²) in [5.41, 5.74) is 0. The summed E-state index contributed by atoms with van der Waals surface area (Å²) in [6.07, 6.45) is 3.65. The predicted octanol–water partition coefficient (Wildman–Crippen LogP) is 1.02. The monoisotopic (exact) mass is 430 g/mol. The van der Waals surface area contributed by atoms with Crippen LogP contribution in [0, 0.1) is 5.92 Å². The van der Waals surface area contributed by atoms with Crippen LogP contribution in [-0.4, -0.2) is 79.9 Å². The molecule has 3 amide bonds. The highest BCUT2D eigenvalue weighted by molar-refractivity contribution is 5.81. The summed E-state index contributed by atoms with van der Waals surface area (Å²) in [5.74, 6) is 0.701. The van der Waals surface area contributed by atoms with Crippen molar-refractivity contribution in [2.24, 2.45) is 5.92 Å². The summed E-state index contributed by atoms with van der Waals surface area (Å²) >= 11 is 0. The molecule has 170 valence electrons. The Labute approximate surface area is 184 Å². The second-order valence-corrected chi connectivity index (χ2v) is 8.32. The highest BCUT2D eigenvalue weighted by Crippen LogP contribution is 2.19. The standard InChI is InChI=1S/C23H34N4O4/c1-24-21(28)17-26-13-9-19(10-14-26)25-23(30)18-6-5-12-27(16-18)22(29)11-15-31-20-7-3-2-4-8-20/h2-4,7-8,18-19H,5-6,9-17H2,1H3,(H,24,28)(H,25,30). The minimum absolute atomic E-state index is 0.0172. The molecular formula is C23H34N4O4. The predicted molar refractivity (Wildman–Crippen MR) is 118 cm³/mol. The van der Waals surface area contributed by atoms with Crippen molar-refractivity contribution in [2.75, 3.05) is 46.4 Å². The molecule has 1 aromatic rings. The molecule has 8 nitrogen and oxygen atoms in total. The Balaban J connectivity index is 1.38. The van der Waals surface area contributed by atoms with Crippen molar-refractivity contribution in [3.8, 4) is 5.75 Å². The van der Waals surface area contributed by atoms with E-state index in [4.69, 9.17) is 4.74 Å². The first-order chi connectivity index (χ1) is 15.0. The molecule has 0 spiro atoms. The van der Waals surface area contributed by atoms with Gasteiger partial charge in [0.05, 0.1) is 25.5 Å². The van der Waals surface area contributed by atoms with Crippen LogP contribution in [-0.2, 0) is 14.4 Å². The molecule has 31 heavy (non-hydrogen) atoms. The van der Waals surface area contributed by atoms with Gasteiger partial charge in [-0.2, -0.15) is 0 Å². The molecule has 2 fully saturated rings. The summed E-state index contributed by atoms with van der Waals surface area (Å²) < 4.78 is 5.63. The Kier molecular flexibility index (Phi) is 8.70. The van der Waals surface area contributed by atoms with Crippen molar-refractivity contribution >= 4 is 17.7 Å². The van der Waals surface area contributed by atoms with E-state index in [1.165, 1.54) is 0 Å². The van der Waals surface area contributed by atoms with E-state index in [9.17, 15) is 14.4 Å². The molecule has 1 atom stereocenters. The lowest BCUT2D eigenvalue weighted by atomic mass is 9.95. The highest BCUT2D eigenvalue weighted by Gasteiger charge is 2.30. The van der Waals surface area contributed by atoms with Crippen LogP contribution in [0.3, 0.4) is 0 Å². The summed E-state index contributed by atoms with van der Waals surface area (Å²) in [6, 6.07) is 9.60. The number of ether oxygens (including phenoxy) is 1. The normalized spacial score (nSPS) is 20.2. The van der Waals surface area contributed by atoms with Crippen molar-refractivity contribution in [1.82, 2.24) is 20.4 Å². The molecule has 0 bridgehead atoms. The van der Waals surface area contributed by atoms with Gasteiger partial charge in [-0.05, 0) is 37.8 Å². The fraction of sp³-hybridized carbons (Fsp3) is 0.609. The second-order valence-electron chi connectivity index (χ2n) is 8.32. The Morgan fingerprint density at radius 1 is 1.06 bits per heavy atom. The number of likely N-dealkylation sites (tertiary alicyclic amines) is 2. The van der Waals surface area contributed by atoms with Gasteiger partial charge in [-0.15, -0.1) is 0 Å². The lowest BCUT2D eigenvalue weighted by Crippen LogP contribution is -2.51. The molecular weight excluding hydrogens is 396 g/mol. The van der Waals surface area contributed by atoms with Gasteiger partial charge in [0, 0.05) is 39.3 Å². The molecule has 1 aromatic carbocycles. The van der Waals surface area contributed by atoms with Gasteiger partial charge in [-0.3, -0.25) is 19.3 Å². The van der Waals surface area contributed by atoms with Crippen LogP contribution in [0.1, 0.15) is 32.1 Å². The maximum absolute atomic E-state index is 12.8. The van der Waals surface area contributed by atoms with E-state index in [2.05, 4.69) is 15.5 Å². The van der Waals surface area contributed by atoms with Crippen molar-refractivity contribution in [1.29, 1.82) is 0 Å². The van der Waals surface area contributed by atoms with Crippen LogP contribution in [0.15, 0.2) is 30.3 Å². The quantitative estimate of drug-likeness (QED) is 0.643. The van der Waals surface area contributed by atoms with Gasteiger partial charge in [-0.1, -0.05) is 18.2 Å². The lowest BCUT2D eigenvalue weighted by Gasteiger charge is -2.35. The Hall–Kier alpha value is -2.61. The van der Waals surface area contributed by atoms with E-state index < -0.39 is 0 Å².